The highest BCUT2D eigenvalue weighted by atomic mass is 16.2. The minimum atomic E-state index is -0.727. The number of nitrogen functional groups attached to an aromatic ring is 1. The third-order valence-electron chi connectivity index (χ3n) is 5.45. The van der Waals surface area contributed by atoms with E-state index in [-0.39, 0.29) is 42.1 Å². The minimum Gasteiger partial charge on any atom is -0.383 e. The number of aromatic amines is 1. The van der Waals surface area contributed by atoms with Crippen molar-refractivity contribution < 1.29 is 4.79 Å². The van der Waals surface area contributed by atoms with Crippen LogP contribution in [0.15, 0.2) is 14.4 Å². The number of nitrogens with one attached hydrogen (secondary N) is 1. The van der Waals surface area contributed by atoms with E-state index in [9.17, 15) is 19.2 Å². The van der Waals surface area contributed by atoms with Crippen molar-refractivity contribution >= 4 is 17.4 Å². The van der Waals surface area contributed by atoms with Crippen molar-refractivity contribution in [3.8, 4) is 0 Å². The van der Waals surface area contributed by atoms with Gasteiger partial charge in [0.2, 0.25) is 5.91 Å². The fraction of sp³-hybridized carbons (Fsp3) is 0.667. The molecule has 0 aliphatic carbocycles. The zero-order chi connectivity index (χ0) is 23.6. The molecule has 11 heteroatoms. The molecule has 11 nitrogen and oxygen atoms in total. The number of hydrogen-bond acceptors (Lipinski definition) is 6. The molecule has 2 aromatic rings. The highest BCUT2D eigenvalue weighted by Crippen LogP contribution is 2.20. The first-order chi connectivity index (χ1) is 15.1. The fourth-order valence-corrected chi connectivity index (χ4v) is 4.01. The Hall–Kier alpha value is -3.11. The summed E-state index contributed by atoms with van der Waals surface area (Å²) in [6, 6.07) is 0. The summed E-state index contributed by atoms with van der Waals surface area (Å²) in [7, 11) is 0. The predicted molar refractivity (Wildman–Crippen MR) is 122 cm³/mol. The Morgan fingerprint density at radius 2 is 1.84 bits per heavy atom. The van der Waals surface area contributed by atoms with Crippen LogP contribution in [-0.2, 0) is 30.8 Å². The monoisotopic (exact) mass is 447 g/mol. The molecule has 0 fully saturated rings. The molecule has 3 N–H and O–H groups in total. The van der Waals surface area contributed by atoms with Crippen molar-refractivity contribution in [2.24, 2.45) is 11.8 Å². The zero-order valence-electron chi connectivity index (χ0n) is 19.3. The van der Waals surface area contributed by atoms with Gasteiger partial charge in [-0.2, -0.15) is 5.10 Å². The molecular weight excluding hydrogens is 414 g/mol. The van der Waals surface area contributed by atoms with Crippen LogP contribution in [0.2, 0.25) is 0 Å². The van der Waals surface area contributed by atoms with E-state index in [4.69, 9.17) is 5.73 Å². The Labute approximate surface area is 185 Å². The lowest BCUT2D eigenvalue weighted by Crippen LogP contribution is -2.45. The van der Waals surface area contributed by atoms with Gasteiger partial charge in [0.1, 0.15) is 18.2 Å². The second-order valence-corrected chi connectivity index (χ2v) is 9.21. The predicted octanol–water partition coefficient (Wildman–Crippen LogP) is 0.549. The molecule has 0 unspecified atom stereocenters. The van der Waals surface area contributed by atoms with Gasteiger partial charge in [-0.25, -0.2) is 14.3 Å². The molecule has 0 spiro atoms. The second kappa shape index (κ2) is 9.58. The van der Waals surface area contributed by atoms with Gasteiger partial charge in [0.15, 0.2) is 5.69 Å². The van der Waals surface area contributed by atoms with Gasteiger partial charge in [-0.1, -0.05) is 34.1 Å². The Kier molecular flexibility index (Phi) is 7.05. The summed E-state index contributed by atoms with van der Waals surface area (Å²) in [5.41, 5.74) is 4.49. The molecule has 0 atom stereocenters. The van der Waals surface area contributed by atoms with E-state index < -0.39 is 17.2 Å². The lowest BCUT2D eigenvalue weighted by molar-refractivity contribution is -0.119. The number of amides is 1. The van der Waals surface area contributed by atoms with Crippen LogP contribution in [0, 0.1) is 11.8 Å². The maximum Gasteiger partial charge on any atom is 0.346 e. The third-order valence-corrected chi connectivity index (χ3v) is 5.45. The number of anilines is 2. The summed E-state index contributed by atoms with van der Waals surface area (Å²) in [6.45, 7) is 8.42. The van der Waals surface area contributed by atoms with Crippen LogP contribution in [0.4, 0.5) is 11.5 Å². The van der Waals surface area contributed by atoms with Gasteiger partial charge in [0, 0.05) is 26.1 Å². The molecule has 1 amide bonds. The second-order valence-electron chi connectivity index (χ2n) is 9.21. The van der Waals surface area contributed by atoms with Crippen LogP contribution in [0.5, 0.6) is 0 Å². The molecule has 32 heavy (non-hydrogen) atoms. The number of carbonyl (C=O) groups is 1. The van der Waals surface area contributed by atoms with Gasteiger partial charge in [0.25, 0.3) is 5.56 Å². The third kappa shape index (κ3) is 4.86. The largest absolute Gasteiger partial charge is 0.383 e. The van der Waals surface area contributed by atoms with Gasteiger partial charge in [-0.15, -0.1) is 0 Å². The molecule has 0 saturated heterocycles. The van der Waals surface area contributed by atoms with Gasteiger partial charge in [0.05, 0.1) is 0 Å². The van der Waals surface area contributed by atoms with Crippen molar-refractivity contribution in [1.82, 2.24) is 23.9 Å². The molecule has 1 aliphatic heterocycles. The molecule has 3 rings (SSSR count). The minimum absolute atomic E-state index is 0.0127. The first kappa shape index (κ1) is 23.6. The van der Waals surface area contributed by atoms with Crippen LogP contribution in [-0.4, -0.2) is 36.4 Å². The number of H-pyrrole nitrogens is 1. The standard InChI is InChI=1S/C21H33N7O4/c1-13(2)10-26(17-18(22)27(11-14(3)4)20(31)23-19(17)30)16(29)12-28-21(32)25-9-7-5-6-8-15(25)24-28/h13-14H,5-12,22H2,1-4H3,(H,23,30,31). The van der Waals surface area contributed by atoms with E-state index >= 15 is 0 Å². The van der Waals surface area contributed by atoms with Crippen LogP contribution >= 0.6 is 0 Å². The molecular formula is C21H33N7O4. The van der Waals surface area contributed by atoms with E-state index in [1.165, 1.54) is 9.47 Å². The van der Waals surface area contributed by atoms with Gasteiger partial charge in [-0.3, -0.25) is 23.7 Å². The molecule has 0 aromatic carbocycles. The highest BCUT2D eigenvalue weighted by Gasteiger charge is 2.27. The van der Waals surface area contributed by atoms with Crippen LogP contribution in [0.25, 0.3) is 0 Å². The van der Waals surface area contributed by atoms with Crippen LogP contribution < -0.4 is 27.6 Å². The van der Waals surface area contributed by atoms with Crippen molar-refractivity contribution in [2.45, 2.75) is 73.0 Å². The number of rotatable bonds is 7. The summed E-state index contributed by atoms with van der Waals surface area (Å²) in [4.78, 5) is 54.7. The number of nitrogens with zero attached hydrogens (tertiary/aromatic N) is 5. The molecule has 0 radical (unpaired) electrons. The molecule has 2 aromatic heterocycles. The smallest absolute Gasteiger partial charge is 0.346 e. The number of fused-ring (bicyclic) bond motifs is 1. The lowest BCUT2D eigenvalue weighted by Gasteiger charge is -2.26. The maximum absolute atomic E-state index is 13.3. The van der Waals surface area contributed by atoms with E-state index in [1.54, 1.807) is 4.57 Å². The van der Waals surface area contributed by atoms with Gasteiger partial charge in [-0.05, 0) is 24.7 Å². The first-order valence-corrected chi connectivity index (χ1v) is 11.2. The average Bonchev–Trinajstić information content (AvgIpc) is 2.86. The summed E-state index contributed by atoms with van der Waals surface area (Å²) < 4.78 is 4.05. The topological polar surface area (TPSA) is 141 Å². The lowest BCUT2D eigenvalue weighted by atomic mass is 10.2. The number of aromatic nitrogens is 5. The Balaban J connectivity index is 2.01. The van der Waals surface area contributed by atoms with Crippen LogP contribution in [0.3, 0.4) is 0 Å². The average molecular weight is 448 g/mol. The number of hydrogen-bond donors (Lipinski definition) is 2. The van der Waals surface area contributed by atoms with Gasteiger partial charge >= 0.3 is 11.4 Å². The SMILES string of the molecule is CC(C)CN(C(=O)Cn1nc2n(c1=O)CCCCC2)c1c(N)n(CC(C)C)c(=O)[nH]c1=O. The highest BCUT2D eigenvalue weighted by molar-refractivity contribution is 5.95. The molecule has 1 aliphatic rings. The summed E-state index contributed by atoms with van der Waals surface area (Å²) in [5.74, 6) is 0.246. The normalized spacial score (nSPS) is 13.9. The molecule has 0 saturated carbocycles. The zero-order valence-corrected chi connectivity index (χ0v) is 19.3. The van der Waals surface area contributed by atoms with E-state index in [2.05, 4.69) is 10.1 Å². The van der Waals surface area contributed by atoms with E-state index in [1.807, 2.05) is 27.7 Å². The first-order valence-electron chi connectivity index (χ1n) is 11.2. The Morgan fingerprint density at radius 3 is 2.50 bits per heavy atom. The van der Waals surface area contributed by atoms with Crippen LogP contribution in [0.1, 0.15) is 52.8 Å². The van der Waals surface area contributed by atoms with E-state index in [0.717, 1.165) is 23.9 Å². The molecule has 3 heterocycles. The summed E-state index contributed by atoms with van der Waals surface area (Å²) in [5, 5.41) is 4.37. The van der Waals surface area contributed by atoms with E-state index in [0.29, 0.717) is 25.3 Å². The Bertz CT molecular complexity index is 1150. The quantitative estimate of drug-likeness (QED) is 0.635. The number of carbonyl (C=O) groups excluding carboxylic acids is 1. The molecule has 0 bridgehead atoms. The Morgan fingerprint density at radius 1 is 1.12 bits per heavy atom. The van der Waals surface area contributed by atoms with Crippen molar-refractivity contribution in [3.05, 3.63) is 37.1 Å². The van der Waals surface area contributed by atoms with Crippen molar-refractivity contribution in [3.63, 3.8) is 0 Å². The number of nitrogens with two attached hydrogens (primary N) is 1. The summed E-state index contributed by atoms with van der Waals surface area (Å²) in [6.07, 6.45) is 3.58. The van der Waals surface area contributed by atoms with Crippen molar-refractivity contribution in [2.75, 3.05) is 17.2 Å². The summed E-state index contributed by atoms with van der Waals surface area (Å²) >= 11 is 0. The fourth-order valence-electron chi connectivity index (χ4n) is 4.01. The number of aryl methyl sites for hydroxylation is 1. The molecule has 176 valence electrons. The van der Waals surface area contributed by atoms with Crippen molar-refractivity contribution in [1.29, 1.82) is 0 Å². The van der Waals surface area contributed by atoms with Gasteiger partial charge < -0.3 is 10.6 Å². The maximum atomic E-state index is 13.3.